The summed E-state index contributed by atoms with van der Waals surface area (Å²) in [6.07, 6.45) is 6.64. The normalized spacial score (nSPS) is 35.0. The van der Waals surface area contributed by atoms with Crippen molar-refractivity contribution in [3.8, 4) is 0 Å². The van der Waals surface area contributed by atoms with Crippen molar-refractivity contribution in [2.45, 2.75) is 75.8 Å². The summed E-state index contributed by atoms with van der Waals surface area (Å²) in [5.41, 5.74) is 0. The first-order valence-electron chi connectivity index (χ1n) is 8.39. The molecule has 0 aromatic heterocycles. The fraction of sp³-hybridized carbons (Fsp3) is 0.938. The molecule has 0 aromatic carbocycles. The fourth-order valence-corrected chi connectivity index (χ4v) is 3.91. The van der Waals surface area contributed by atoms with Gasteiger partial charge in [-0.3, -0.25) is 4.79 Å². The van der Waals surface area contributed by atoms with Crippen LogP contribution in [0, 0.1) is 0 Å². The van der Waals surface area contributed by atoms with Crippen LogP contribution in [0.4, 0.5) is 0 Å². The van der Waals surface area contributed by atoms with Crippen LogP contribution in [-0.4, -0.2) is 61.4 Å². The molecular formula is C16H29ClN2O3. The van der Waals surface area contributed by atoms with Gasteiger partial charge < -0.3 is 19.7 Å². The van der Waals surface area contributed by atoms with E-state index in [1.807, 2.05) is 18.9 Å². The summed E-state index contributed by atoms with van der Waals surface area (Å²) in [5.74, 6) is 0.110. The highest BCUT2D eigenvalue weighted by Crippen LogP contribution is 2.29. The van der Waals surface area contributed by atoms with Crippen molar-refractivity contribution in [2.24, 2.45) is 0 Å². The molecular weight excluding hydrogens is 304 g/mol. The predicted molar refractivity (Wildman–Crippen MR) is 87.4 cm³/mol. The SMILES string of the molecule is CC(OCC1CCCO1)C(=O)N(C)C1CC2CCC(C1)N2.Cl. The van der Waals surface area contributed by atoms with E-state index < -0.39 is 0 Å². The molecule has 4 atom stereocenters. The summed E-state index contributed by atoms with van der Waals surface area (Å²) in [6, 6.07) is 1.57. The van der Waals surface area contributed by atoms with Crippen LogP contribution in [0.25, 0.3) is 0 Å². The minimum atomic E-state index is -0.369. The summed E-state index contributed by atoms with van der Waals surface area (Å²) in [7, 11) is 1.93. The number of carbonyl (C=O) groups is 1. The molecule has 2 bridgehead atoms. The van der Waals surface area contributed by atoms with Gasteiger partial charge >= 0.3 is 0 Å². The largest absolute Gasteiger partial charge is 0.376 e. The smallest absolute Gasteiger partial charge is 0.251 e. The molecule has 0 aromatic rings. The van der Waals surface area contributed by atoms with Crippen LogP contribution in [0.5, 0.6) is 0 Å². The highest BCUT2D eigenvalue weighted by molar-refractivity contribution is 5.85. The predicted octanol–water partition coefficient (Wildman–Crippen LogP) is 1.73. The van der Waals surface area contributed by atoms with Gasteiger partial charge in [0.2, 0.25) is 0 Å². The van der Waals surface area contributed by atoms with Crippen molar-refractivity contribution in [3.05, 3.63) is 0 Å². The summed E-state index contributed by atoms with van der Waals surface area (Å²) >= 11 is 0. The summed E-state index contributed by atoms with van der Waals surface area (Å²) < 4.78 is 11.3. The van der Waals surface area contributed by atoms with Crippen molar-refractivity contribution in [3.63, 3.8) is 0 Å². The number of rotatable bonds is 5. The number of likely N-dealkylation sites (N-methyl/N-ethyl adjacent to an activating group) is 1. The lowest BCUT2D eigenvalue weighted by Crippen LogP contribution is -2.51. The first kappa shape index (κ1) is 18.0. The van der Waals surface area contributed by atoms with Crippen molar-refractivity contribution < 1.29 is 14.3 Å². The Kier molecular flexibility index (Phi) is 6.50. The third kappa shape index (κ3) is 4.13. The number of halogens is 1. The molecule has 0 radical (unpaired) electrons. The Morgan fingerprint density at radius 1 is 1.32 bits per heavy atom. The number of ether oxygens (including phenoxy) is 2. The second kappa shape index (κ2) is 7.95. The average Bonchev–Trinajstić information content (AvgIpc) is 3.12. The zero-order chi connectivity index (χ0) is 14.8. The van der Waals surface area contributed by atoms with Crippen LogP contribution in [0.3, 0.4) is 0 Å². The van der Waals surface area contributed by atoms with Gasteiger partial charge in [0.05, 0.1) is 12.7 Å². The summed E-state index contributed by atoms with van der Waals surface area (Å²) in [5, 5.41) is 3.62. The third-order valence-corrected chi connectivity index (χ3v) is 5.25. The lowest BCUT2D eigenvalue weighted by Gasteiger charge is -2.36. The monoisotopic (exact) mass is 332 g/mol. The van der Waals surface area contributed by atoms with Crippen LogP contribution in [0.2, 0.25) is 0 Å². The van der Waals surface area contributed by atoms with Gasteiger partial charge in [-0.2, -0.15) is 0 Å². The van der Waals surface area contributed by atoms with E-state index >= 15 is 0 Å². The van der Waals surface area contributed by atoms with E-state index in [4.69, 9.17) is 9.47 Å². The Morgan fingerprint density at radius 2 is 2.00 bits per heavy atom. The maximum absolute atomic E-state index is 12.5. The van der Waals surface area contributed by atoms with Crippen molar-refractivity contribution in [1.29, 1.82) is 0 Å². The maximum atomic E-state index is 12.5. The van der Waals surface area contributed by atoms with E-state index in [1.54, 1.807) is 0 Å². The lowest BCUT2D eigenvalue weighted by atomic mass is 9.98. The third-order valence-electron chi connectivity index (χ3n) is 5.25. The Balaban J connectivity index is 0.00000176. The fourth-order valence-electron chi connectivity index (χ4n) is 3.91. The number of carbonyl (C=O) groups excluding carboxylic acids is 1. The quantitative estimate of drug-likeness (QED) is 0.833. The van der Waals surface area contributed by atoms with Gasteiger partial charge in [-0.25, -0.2) is 0 Å². The first-order valence-corrected chi connectivity index (χ1v) is 8.39. The van der Waals surface area contributed by atoms with Gasteiger partial charge in [0.1, 0.15) is 6.10 Å². The molecule has 22 heavy (non-hydrogen) atoms. The van der Waals surface area contributed by atoms with E-state index in [1.165, 1.54) is 12.8 Å². The Hall–Kier alpha value is -0.360. The molecule has 0 spiro atoms. The van der Waals surface area contributed by atoms with Gasteiger partial charge in [0, 0.05) is 31.8 Å². The van der Waals surface area contributed by atoms with E-state index in [0.29, 0.717) is 24.7 Å². The minimum Gasteiger partial charge on any atom is -0.376 e. The number of hydrogen-bond acceptors (Lipinski definition) is 4. The zero-order valence-electron chi connectivity index (χ0n) is 13.6. The molecule has 1 N–H and O–H groups in total. The minimum absolute atomic E-state index is 0. The number of nitrogens with one attached hydrogen (secondary N) is 1. The first-order chi connectivity index (χ1) is 10.1. The zero-order valence-corrected chi connectivity index (χ0v) is 14.4. The number of nitrogens with zero attached hydrogens (tertiary/aromatic N) is 1. The van der Waals surface area contributed by atoms with E-state index in [-0.39, 0.29) is 30.5 Å². The number of amides is 1. The van der Waals surface area contributed by atoms with Gasteiger partial charge in [0.25, 0.3) is 5.91 Å². The van der Waals surface area contributed by atoms with Crippen LogP contribution in [0.1, 0.15) is 45.4 Å². The molecule has 5 nitrogen and oxygen atoms in total. The molecule has 1 amide bonds. The molecule has 3 aliphatic heterocycles. The van der Waals surface area contributed by atoms with E-state index in [2.05, 4.69) is 5.32 Å². The van der Waals surface area contributed by atoms with Crippen LogP contribution in [0.15, 0.2) is 0 Å². The van der Waals surface area contributed by atoms with Gasteiger partial charge in [-0.15, -0.1) is 12.4 Å². The number of piperidine rings is 1. The lowest BCUT2D eigenvalue weighted by molar-refractivity contribution is -0.146. The van der Waals surface area contributed by atoms with Crippen LogP contribution >= 0.6 is 12.4 Å². The number of fused-ring (bicyclic) bond motifs is 2. The highest BCUT2D eigenvalue weighted by atomic mass is 35.5. The van der Waals surface area contributed by atoms with Gasteiger partial charge in [-0.05, 0) is 45.4 Å². The molecule has 3 saturated heterocycles. The standard InChI is InChI=1S/C16H28N2O3.ClH/c1-11(21-10-15-4-3-7-20-15)16(19)18(2)14-8-12-5-6-13(9-14)17-12;/h11-15,17H,3-10H2,1-2H3;1H. The van der Waals surface area contributed by atoms with E-state index in [0.717, 1.165) is 32.3 Å². The van der Waals surface area contributed by atoms with Gasteiger partial charge in [0.15, 0.2) is 0 Å². The van der Waals surface area contributed by atoms with Crippen LogP contribution in [-0.2, 0) is 14.3 Å². The topological polar surface area (TPSA) is 50.8 Å². The molecule has 0 aliphatic carbocycles. The maximum Gasteiger partial charge on any atom is 0.251 e. The van der Waals surface area contributed by atoms with Crippen molar-refractivity contribution in [1.82, 2.24) is 10.2 Å². The molecule has 3 aliphatic rings. The van der Waals surface area contributed by atoms with Crippen molar-refractivity contribution >= 4 is 18.3 Å². The average molecular weight is 333 g/mol. The molecule has 128 valence electrons. The molecule has 3 rings (SSSR count). The molecule has 0 saturated carbocycles. The summed E-state index contributed by atoms with van der Waals surface area (Å²) in [4.78, 5) is 14.4. The van der Waals surface area contributed by atoms with Crippen molar-refractivity contribution in [2.75, 3.05) is 20.3 Å². The molecule has 6 heteroatoms. The molecule has 3 heterocycles. The van der Waals surface area contributed by atoms with E-state index in [9.17, 15) is 4.79 Å². The highest BCUT2D eigenvalue weighted by Gasteiger charge is 2.37. The Bertz CT molecular complexity index is 364. The second-order valence-corrected chi connectivity index (χ2v) is 6.82. The molecule has 3 fully saturated rings. The van der Waals surface area contributed by atoms with Gasteiger partial charge in [-0.1, -0.05) is 0 Å². The number of hydrogen-bond donors (Lipinski definition) is 1. The molecule has 4 unspecified atom stereocenters. The second-order valence-electron chi connectivity index (χ2n) is 6.82. The Morgan fingerprint density at radius 3 is 2.59 bits per heavy atom. The summed E-state index contributed by atoms with van der Waals surface area (Å²) in [6.45, 7) is 3.23. The van der Waals surface area contributed by atoms with Crippen LogP contribution < -0.4 is 5.32 Å². The Labute approximate surface area is 139 Å².